The fraction of sp³-hybridized carbons (Fsp3) is 0.300. The van der Waals surface area contributed by atoms with Gasteiger partial charge in [-0.2, -0.15) is 0 Å². The van der Waals surface area contributed by atoms with Crippen molar-refractivity contribution >= 4 is 11.9 Å². The van der Waals surface area contributed by atoms with E-state index in [1.54, 1.807) is 24.3 Å². The molecule has 1 saturated heterocycles. The largest absolute Gasteiger partial charge is 0.478 e. The van der Waals surface area contributed by atoms with Gasteiger partial charge in [-0.3, -0.25) is 9.69 Å². The topological polar surface area (TPSA) is 69.6 Å². The molecule has 2 aromatic rings. The molecule has 0 spiro atoms. The number of amides is 1. The lowest BCUT2D eigenvalue weighted by atomic mass is 10.0. The Morgan fingerprint density at radius 3 is 2.24 bits per heavy atom. The van der Waals surface area contributed by atoms with E-state index in [0.717, 1.165) is 37.1 Å². The van der Waals surface area contributed by atoms with Gasteiger partial charge in [0.1, 0.15) is 6.04 Å². The molecule has 25 heavy (non-hydrogen) atoms. The summed E-state index contributed by atoms with van der Waals surface area (Å²) >= 11 is 0. The van der Waals surface area contributed by atoms with E-state index in [1.807, 2.05) is 30.3 Å². The second-order valence-corrected chi connectivity index (χ2v) is 6.28. The van der Waals surface area contributed by atoms with Crippen molar-refractivity contribution in [1.82, 2.24) is 10.2 Å². The summed E-state index contributed by atoms with van der Waals surface area (Å²) in [6.07, 6.45) is 2.24. The number of hydrogen-bond acceptors (Lipinski definition) is 3. The minimum atomic E-state index is -0.950. The molecule has 0 aliphatic carbocycles. The van der Waals surface area contributed by atoms with Gasteiger partial charge in [-0.15, -0.1) is 0 Å². The van der Waals surface area contributed by atoms with E-state index in [1.165, 1.54) is 0 Å². The third-order valence-electron chi connectivity index (χ3n) is 4.54. The van der Waals surface area contributed by atoms with Crippen LogP contribution in [-0.2, 0) is 11.3 Å². The highest BCUT2D eigenvalue weighted by Crippen LogP contribution is 2.25. The van der Waals surface area contributed by atoms with Gasteiger partial charge in [0.05, 0.1) is 5.56 Å². The van der Waals surface area contributed by atoms with Gasteiger partial charge < -0.3 is 10.4 Å². The van der Waals surface area contributed by atoms with E-state index >= 15 is 0 Å². The molecule has 0 unspecified atom stereocenters. The second kappa shape index (κ2) is 7.94. The second-order valence-electron chi connectivity index (χ2n) is 6.28. The van der Waals surface area contributed by atoms with E-state index < -0.39 is 5.97 Å². The Morgan fingerprint density at radius 2 is 1.64 bits per heavy atom. The average Bonchev–Trinajstić information content (AvgIpc) is 3.15. The van der Waals surface area contributed by atoms with Crippen LogP contribution in [0.1, 0.15) is 40.4 Å². The van der Waals surface area contributed by atoms with Crippen LogP contribution in [0.5, 0.6) is 0 Å². The lowest BCUT2D eigenvalue weighted by molar-refractivity contribution is -0.126. The maximum absolute atomic E-state index is 12.8. The number of carboxylic acid groups (broad SMARTS) is 1. The molecule has 5 heteroatoms. The molecule has 1 heterocycles. The highest BCUT2D eigenvalue weighted by atomic mass is 16.4. The quantitative estimate of drug-likeness (QED) is 0.850. The number of carboxylic acids is 1. The molecular weight excluding hydrogens is 316 g/mol. The minimum absolute atomic E-state index is 0.0181. The van der Waals surface area contributed by atoms with E-state index in [4.69, 9.17) is 5.11 Å². The van der Waals surface area contributed by atoms with Crippen LogP contribution in [0.25, 0.3) is 0 Å². The Labute approximate surface area is 147 Å². The van der Waals surface area contributed by atoms with Gasteiger partial charge >= 0.3 is 5.97 Å². The highest BCUT2D eigenvalue weighted by molar-refractivity contribution is 5.87. The number of likely N-dealkylation sites (tertiary alicyclic amines) is 1. The van der Waals surface area contributed by atoms with Crippen LogP contribution in [0.4, 0.5) is 0 Å². The van der Waals surface area contributed by atoms with E-state index in [9.17, 15) is 9.59 Å². The molecule has 1 fully saturated rings. The first-order chi connectivity index (χ1) is 12.1. The molecule has 1 atom stereocenters. The first-order valence-corrected chi connectivity index (χ1v) is 8.54. The number of hydrogen-bond donors (Lipinski definition) is 2. The Bertz CT molecular complexity index is 722. The summed E-state index contributed by atoms with van der Waals surface area (Å²) in [5.41, 5.74) is 2.13. The van der Waals surface area contributed by atoms with Crippen LogP contribution in [0.15, 0.2) is 54.6 Å². The van der Waals surface area contributed by atoms with Crippen LogP contribution < -0.4 is 5.32 Å². The van der Waals surface area contributed by atoms with Gasteiger partial charge in [0.15, 0.2) is 0 Å². The number of carbonyl (C=O) groups excluding carboxylic acids is 1. The van der Waals surface area contributed by atoms with Gasteiger partial charge in [0, 0.05) is 6.54 Å². The zero-order valence-electron chi connectivity index (χ0n) is 14.0. The summed E-state index contributed by atoms with van der Waals surface area (Å²) in [6.45, 7) is 2.25. The van der Waals surface area contributed by atoms with Crippen molar-refractivity contribution in [3.63, 3.8) is 0 Å². The fourth-order valence-electron chi connectivity index (χ4n) is 3.21. The SMILES string of the molecule is O=C(O)c1ccc(CNC(=O)[C@H](c2ccccc2)N2CCCC2)cc1. The molecule has 0 aromatic heterocycles. The first kappa shape index (κ1) is 17.2. The van der Waals surface area contributed by atoms with Gasteiger partial charge in [-0.05, 0) is 49.2 Å². The lowest BCUT2D eigenvalue weighted by Gasteiger charge is -2.27. The van der Waals surface area contributed by atoms with Crippen molar-refractivity contribution in [1.29, 1.82) is 0 Å². The Kier molecular flexibility index (Phi) is 5.46. The van der Waals surface area contributed by atoms with Gasteiger partial charge in [-0.25, -0.2) is 4.79 Å². The zero-order valence-corrected chi connectivity index (χ0v) is 14.0. The summed E-state index contributed by atoms with van der Waals surface area (Å²) in [5.74, 6) is -0.968. The van der Waals surface area contributed by atoms with Gasteiger partial charge in [-0.1, -0.05) is 42.5 Å². The third kappa shape index (κ3) is 4.25. The maximum Gasteiger partial charge on any atom is 0.335 e. The highest BCUT2D eigenvalue weighted by Gasteiger charge is 2.29. The van der Waals surface area contributed by atoms with Crippen LogP contribution >= 0.6 is 0 Å². The number of nitrogens with one attached hydrogen (secondary N) is 1. The predicted octanol–water partition coefficient (Wildman–Crippen LogP) is 2.84. The van der Waals surface area contributed by atoms with Crippen molar-refractivity contribution in [2.75, 3.05) is 13.1 Å². The molecule has 3 rings (SSSR count). The summed E-state index contributed by atoms with van der Waals surface area (Å²) in [4.78, 5) is 25.9. The minimum Gasteiger partial charge on any atom is -0.478 e. The normalized spacial score (nSPS) is 15.7. The van der Waals surface area contributed by atoms with Crippen LogP contribution in [0.3, 0.4) is 0 Å². The number of aromatic carboxylic acids is 1. The van der Waals surface area contributed by atoms with Crippen LogP contribution in [0.2, 0.25) is 0 Å². The summed E-state index contributed by atoms with van der Waals surface area (Å²) < 4.78 is 0. The van der Waals surface area contributed by atoms with Crippen LogP contribution in [-0.4, -0.2) is 35.0 Å². The Morgan fingerprint density at radius 1 is 1.00 bits per heavy atom. The third-order valence-corrected chi connectivity index (χ3v) is 4.54. The fourth-order valence-corrected chi connectivity index (χ4v) is 3.21. The molecule has 130 valence electrons. The number of rotatable bonds is 6. The molecule has 0 saturated carbocycles. The molecule has 2 N–H and O–H groups in total. The molecular formula is C20H22N2O3. The molecule has 5 nitrogen and oxygen atoms in total. The summed E-state index contributed by atoms with van der Waals surface area (Å²) in [7, 11) is 0. The van der Waals surface area contributed by atoms with Crippen molar-refractivity contribution in [3.05, 3.63) is 71.3 Å². The summed E-state index contributed by atoms with van der Waals surface area (Å²) in [6, 6.07) is 16.1. The Hall–Kier alpha value is -2.66. The van der Waals surface area contributed by atoms with Crippen molar-refractivity contribution in [2.45, 2.75) is 25.4 Å². The zero-order chi connectivity index (χ0) is 17.6. The van der Waals surface area contributed by atoms with Crippen LogP contribution in [0, 0.1) is 0 Å². The standard InChI is InChI=1S/C20H22N2O3/c23-19(21-14-15-8-10-17(11-9-15)20(24)25)18(22-12-4-5-13-22)16-6-2-1-3-7-16/h1-3,6-11,18H,4-5,12-14H2,(H,21,23)(H,24,25)/t18-/m0/s1. The van der Waals surface area contributed by atoms with Crippen molar-refractivity contribution in [3.8, 4) is 0 Å². The van der Waals surface area contributed by atoms with Gasteiger partial charge in [0.25, 0.3) is 0 Å². The van der Waals surface area contributed by atoms with Crippen molar-refractivity contribution in [2.24, 2.45) is 0 Å². The molecule has 1 aliphatic heterocycles. The first-order valence-electron chi connectivity index (χ1n) is 8.54. The number of benzene rings is 2. The van der Waals surface area contributed by atoms with E-state index in [2.05, 4.69) is 10.2 Å². The molecule has 0 bridgehead atoms. The molecule has 2 aromatic carbocycles. The Balaban J connectivity index is 1.69. The van der Waals surface area contributed by atoms with E-state index in [-0.39, 0.29) is 17.5 Å². The number of nitrogens with zero attached hydrogens (tertiary/aromatic N) is 1. The summed E-state index contributed by atoms with van der Waals surface area (Å²) in [5, 5.41) is 11.9. The average molecular weight is 338 g/mol. The smallest absolute Gasteiger partial charge is 0.335 e. The maximum atomic E-state index is 12.8. The predicted molar refractivity (Wildman–Crippen MR) is 95.2 cm³/mol. The lowest BCUT2D eigenvalue weighted by Crippen LogP contribution is -2.39. The molecule has 0 radical (unpaired) electrons. The van der Waals surface area contributed by atoms with Gasteiger partial charge in [0.2, 0.25) is 5.91 Å². The number of carbonyl (C=O) groups is 2. The van der Waals surface area contributed by atoms with E-state index in [0.29, 0.717) is 6.54 Å². The van der Waals surface area contributed by atoms with Crippen molar-refractivity contribution < 1.29 is 14.7 Å². The monoisotopic (exact) mass is 338 g/mol. The molecule has 1 amide bonds. The molecule has 1 aliphatic rings.